The molecule has 148 valence electrons. The van der Waals surface area contributed by atoms with Gasteiger partial charge in [0.15, 0.2) is 0 Å². The molecule has 2 aromatic carbocycles. The molecule has 0 aromatic heterocycles. The van der Waals surface area contributed by atoms with Gasteiger partial charge in [-0.3, -0.25) is 4.79 Å². The van der Waals surface area contributed by atoms with Crippen molar-refractivity contribution < 1.29 is 13.6 Å². The van der Waals surface area contributed by atoms with Crippen molar-refractivity contribution in [1.82, 2.24) is 4.90 Å². The lowest BCUT2D eigenvalue weighted by Crippen LogP contribution is -2.34. The maximum absolute atomic E-state index is 13.3. The Morgan fingerprint density at radius 1 is 1.07 bits per heavy atom. The van der Waals surface area contributed by atoms with Crippen molar-refractivity contribution in [1.29, 1.82) is 0 Å². The zero-order valence-corrected chi connectivity index (χ0v) is 15.9. The van der Waals surface area contributed by atoms with Gasteiger partial charge in [0.05, 0.1) is 0 Å². The van der Waals surface area contributed by atoms with Crippen molar-refractivity contribution in [2.75, 3.05) is 13.1 Å². The van der Waals surface area contributed by atoms with E-state index >= 15 is 0 Å². The Morgan fingerprint density at radius 2 is 1.86 bits per heavy atom. The molecule has 28 heavy (non-hydrogen) atoms. The summed E-state index contributed by atoms with van der Waals surface area (Å²) in [7, 11) is 0. The smallest absolute Gasteiger partial charge is 0.263 e. The van der Waals surface area contributed by atoms with Crippen LogP contribution in [0.2, 0.25) is 0 Å². The van der Waals surface area contributed by atoms with Gasteiger partial charge in [-0.2, -0.15) is 0 Å². The van der Waals surface area contributed by atoms with E-state index in [0.29, 0.717) is 0 Å². The van der Waals surface area contributed by atoms with Crippen LogP contribution in [0.5, 0.6) is 0 Å². The van der Waals surface area contributed by atoms with E-state index in [2.05, 4.69) is 0 Å². The van der Waals surface area contributed by atoms with Crippen molar-refractivity contribution >= 4 is 5.91 Å². The van der Waals surface area contributed by atoms with Crippen LogP contribution in [0.1, 0.15) is 49.2 Å². The molecule has 0 spiro atoms. The molecule has 4 rings (SSSR count). The number of carbonyl (C=O) groups is 1. The summed E-state index contributed by atoms with van der Waals surface area (Å²) in [5.41, 5.74) is 8.78. The van der Waals surface area contributed by atoms with Crippen molar-refractivity contribution in [2.24, 2.45) is 11.7 Å². The molecule has 2 aliphatic rings. The van der Waals surface area contributed by atoms with E-state index in [4.69, 9.17) is 5.73 Å². The molecular formula is C23H26F2N2O. The van der Waals surface area contributed by atoms with E-state index in [1.165, 1.54) is 6.07 Å². The summed E-state index contributed by atoms with van der Waals surface area (Å²) >= 11 is 0. The largest absolute Gasteiger partial charge is 0.342 e. The number of likely N-dealkylation sites (tertiary alicyclic amines) is 1. The first-order valence-corrected chi connectivity index (χ1v) is 10.1. The third-order valence-electron chi connectivity index (χ3n) is 6.01. The first-order chi connectivity index (χ1) is 13.5. The number of halogens is 2. The van der Waals surface area contributed by atoms with Gasteiger partial charge < -0.3 is 10.6 Å². The average Bonchev–Trinajstić information content (AvgIpc) is 3.52. The lowest BCUT2D eigenvalue weighted by atomic mass is 9.93. The van der Waals surface area contributed by atoms with E-state index in [0.717, 1.165) is 55.5 Å². The summed E-state index contributed by atoms with van der Waals surface area (Å²) < 4.78 is 26.5. The monoisotopic (exact) mass is 384 g/mol. The number of alkyl halides is 2. The average molecular weight is 384 g/mol. The Balaban J connectivity index is 1.57. The number of benzene rings is 2. The van der Waals surface area contributed by atoms with E-state index in [-0.39, 0.29) is 29.3 Å². The molecule has 3 atom stereocenters. The Hall–Kier alpha value is -2.27. The minimum Gasteiger partial charge on any atom is -0.342 e. The maximum atomic E-state index is 13.3. The molecule has 1 heterocycles. The fourth-order valence-corrected chi connectivity index (χ4v) is 4.29. The Kier molecular flexibility index (Phi) is 5.44. The van der Waals surface area contributed by atoms with Crippen LogP contribution in [0.4, 0.5) is 8.78 Å². The summed E-state index contributed by atoms with van der Waals surface area (Å²) in [6, 6.07) is 14.6. The Bertz CT molecular complexity index is 840. The van der Waals surface area contributed by atoms with E-state index in [1.807, 2.05) is 35.2 Å². The summed E-state index contributed by atoms with van der Waals surface area (Å²) in [5.74, 6) is 0.247. The van der Waals surface area contributed by atoms with Crippen molar-refractivity contribution in [3.05, 3.63) is 59.7 Å². The normalized spacial score (nSPS) is 24.9. The van der Waals surface area contributed by atoms with Gasteiger partial charge in [-0.1, -0.05) is 42.5 Å². The van der Waals surface area contributed by atoms with E-state index < -0.39 is 6.43 Å². The van der Waals surface area contributed by atoms with Crippen LogP contribution in [-0.2, 0) is 4.79 Å². The molecule has 2 aromatic rings. The molecular weight excluding hydrogens is 358 g/mol. The van der Waals surface area contributed by atoms with Gasteiger partial charge in [0.25, 0.3) is 6.43 Å². The number of amides is 1. The number of nitrogens with zero attached hydrogens (tertiary/aromatic N) is 1. The van der Waals surface area contributed by atoms with E-state index in [1.54, 1.807) is 12.1 Å². The SMILES string of the molecule is NC1CCCN(C(=O)C2CC2c2ccc(C(F)F)cc2-c2ccccc2)CC1. The van der Waals surface area contributed by atoms with E-state index in [9.17, 15) is 13.6 Å². The molecule has 1 aliphatic carbocycles. The van der Waals surface area contributed by atoms with Gasteiger partial charge >= 0.3 is 0 Å². The number of hydrogen-bond donors (Lipinski definition) is 1. The minimum absolute atomic E-state index is 0.0210. The quantitative estimate of drug-likeness (QED) is 0.828. The zero-order valence-electron chi connectivity index (χ0n) is 15.9. The molecule has 3 nitrogen and oxygen atoms in total. The topological polar surface area (TPSA) is 46.3 Å². The van der Waals surface area contributed by atoms with Gasteiger partial charge in [0, 0.05) is 30.6 Å². The fraction of sp³-hybridized carbons (Fsp3) is 0.435. The standard InChI is InChI=1S/C23H26F2N2O/c24-22(25)16-8-9-18(19(13-16)15-5-2-1-3-6-15)20-14-21(20)23(28)27-11-4-7-17(26)10-12-27/h1-3,5-6,8-9,13,17,20-22H,4,7,10-12,14,26H2. The highest BCUT2D eigenvalue weighted by Gasteiger charge is 2.46. The Morgan fingerprint density at radius 3 is 2.61 bits per heavy atom. The zero-order chi connectivity index (χ0) is 19.7. The van der Waals surface area contributed by atoms with Crippen molar-refractivity contribution in [3.63, 3.8) is 0 Å². The molecule has 2 fully saturated rings. The van der Waals surface area contributed by atoms with Crippen LogP contribution in [0.15, 0.2) is 48.5 Å². The second-order valence-corrected chi connectivity index (χ2v) is 7.98. The van der Waals surface area contributed by atoms with Crippen LogP contribution < -0.4 is 5.73 Å². The van der Waals surface area contributed by atoms with Gasteiger partial charge in [-0.25, -0.2) is 8.78 Å². The summed E-state index contributed by atoms with van der Waals surface area (Å²) in [5, 5.41) is 0. The van der Waals surface area contributed by atoms with Crippen molar-refractivity contribution in [2.45, 2.75) is 44.1 Å². The minimum atomic E-state index is -2.51. The highest BCUT2D eigenvalue weighted by molar-refractivity contribution is 5.84. The fourth-order valence-electron chi connectivity index (χ4n) is 4.29. The second kappa shape index (κ2) is 8.00. The van der Waals surface area contributed by atoms with Crippen molar-refractivity contribution in [3.8, 4) is 11.1 Å². The molecule has 0 radical (unpaired) electrons. The molecule has 0 bridgehead atoms. The third kappa shape index (κ3) is 3.95. The second-order valence-electron chi connectivity index (χ2n) is 7.98. The lowest BCUT2D eigenvalue weighted by molar-refractivity contribution is -0.132. The molecule has 2 N–H and O–H groups in total. The number of nitrogens with two attached hydrogens (primary N) is 1. The number of hydrogen-bond acceptors (Lipinski definition) is 2. The molecule has 3 unspecified atom stereocenters. The predicted molar refractivity (Wildman–Crippen MR) is 106 cm³/mol. The third-order valence-corrected chi connectivity index (χ3v) is 6.01. The van der Waals surface area contributed by atoms with Crippen LogP contribution >= 0.6 is 0 Å². The van der Waals surface area contributed by atoms with Crippen LogP contribution in [0.3, 0.4) is 0 Å². The molecule has 1 amide bonds. The first-order valence-electron chi connectivity index (χ1n) is 10.1. The maximum Gasteiger partial charge on any atom is 0.263 e. The Labute approximate surface area is 164 Å². The number of carbonyl (C=O) groups excluding carboxylic acids is 1. The van der Waals surface area contributed by atoms with Gasteiger partial charge in [0.2, 0.25) is 5.91 Å². The summed E-state index contributed by atoms with van der Waals surface area (Å²) in [6.07, 6.45) is 1.04. The van der Waals surface area contributed by atoms with Crippen LogP contribution in [0.25, 0.3) is 11.1 Å². The summed E-state index contributed by atoms with van der Waals surface area (Å²) in [4.78, 5) is 14.9. The molecule has 1 saturated carbocycles. The van der Waals surface area contributed by atoms with Crippen LogP contribution in [-0.4, -0.2) is 29.9 Å². The predicted octanol–water partition coefficient (Wildman–Crippen LogP) is 4.73. The van der Waals surface area contributed by atoms with Gasteiger partial charge in [-0.15, -0.1) is 0 Å². The molecule has 1 saturated heterocycles. The number of rotatable bonds is 4. The first kappa shape index (κ1) is 19.1. The highest BCUT2D eigenvalue weighted by Crippen LogP contribution is 2.51. The highest BCUT2D eigenvalue weighted by atomic mass is 19.3. The molecule has 1 aliphatic heterocycles. The molecule has 5 heteroatoms. The van der Waals surface area contributed by atoms with Crippen LogP contribution in [0, 0.1) is 5.92 Å². The van der Waals surface area contributed by atoms with Gasteiger partial charge in [0.1, 0.15) is 0 Å². The van der Waals surface area contributed by atoms with Gasteiger partial charge in [-0.05, 0) is 54.4 Å². The lowest BCUT2D eigenvalue weighted by Gasteiger charge is -2.21. The summed E-state index contributed by atoms with van der Waals surface area (Å²) in [6.45, 7) is 1.49.